The third-order valence-electron chi connectivity index (χ3n) is 6.44. The Hall–Kier alpha value is -2.91. The van der Waals surface area contributed by atoms with Gasteiger partial charge < -0.3 is 15.0 Å². The number of sulfonamides is 1. The Morgan fingerprint density at radius 3 is 2.78 bits per heavy atom. The van der Waals surface area contributed by atoms with Crippen LogP contribution in [-0.2, 0) is 26.0 Å². The van der Waals surface area contributed by atoms with Crippen LogP contribution in [-0.4, -0.2) is 49.8 Å². The second kappa shape index (κ2) is 7.60. The lowest BCUT2D eigenvalue weighted by atomic mass is 10.1. The zero-order valence-corrected chi connectivity index (χ0v) is 18.8. The number of aryl methyl sites for hydroxylation is 1. The highest BCUT2D eigenvalue weighted by atomic mass is 32.2. The highest BCUT2D eigenvalue weighted by Gasteiger charge is 2.43. The number of carbonyl (C=O) groups excluding carboxylic acids is 2. The number of anilines is 2. The van der Waals surface area contributed by atoms with Crippen molar-refractivity contribution < 1.29 is 22.7 Å². The van der Waals surface area contributed by atoms with Gasteiger partial charge in [0.05, 0.1) is 10.6 Å². The van der Waals surface area contributed by atoms with Crippen LogP contribution >= 0.6 is 0 Å². The molecule has 8 nitrogen and oxygen atoms in total. The maximum atomic E-state index is 13.7. The Balaban J connectivity index is 1.47. The van der Waals surface area contributed by atoms with Gasteiger partial charge in [-0.2, -0.15) is 4.31 Å². The van der Waals surface area contributed by atoms with Gasteiger partial charge in [-0.25, -0.2) is 8.42 Å². The fourth-order valence-corrected chi connectivity index (χ4v) is 6.64. The first-order chi connectivity index (χ1) is 15.3. The monoisotopic (exact) mass is 455 g/mol. The highest BCUT2D eigenvalue weighted by Crippen LogP contribution is 2.38. The molecule has 1 saturated heterocycles. The van der Waals surface area contributed by atoms with E-state index >= 15 is 0 Å². The summed E-state index contributed by atoms with van der Waals surface area (Å²) in [6.07, 6.45) is 1.17. The second-order valence-corrected chi connectivity index (χ2v) is 10.4. The first-order valence-electron chi connectivity index (χ1n) is 10.8. The lowest BCUT2D eigenvalue weighted by Crippen LogP contribution is -2.47. The van der Waals surface area contributed by atoms with Crippen LogP contribution in [0.1, 0.15) is 30.9 Å². The molecule has 2 unspecified atom stereocenters. The molecule has 2 amide bonds. The molecule has 168 valence electrons. The third kappa shape index (κ3) is 3.27. The van der Waals surface area contributed by atoms with Crippen molar-refractivity contribution >= 4 is 33.2 Å². The summed E-state index contributed by atoms with van der Waals surface area (Å²) in [4.78, 5) is 27.1. The van der Waals surface area contributed by atoms with Gasteiger partial charge in [0.1, 0.15) is 11.8 Å². The van der Waals surface area contributed by atoms with E-state index in [1.807, 2.05) is 24.3 Å². The Bertz CT molecular complexity index is 1230. The SMILES string of the molecule is Cc1cc2c(cc1S(=O)(=O)N1CCCC1C(=O)N1CCc3ccccc31)OC(C)C(=O)N2. The summed E-state index contributed by atoms with van der Waals surface area (Å²) in [5.41, 5.74) is 2.91. The predicted molar refractivity (Wildman–Crippen MR) is 119 cm³/mol. The van der Waals surface area contributed by atoms with Gasteiger partial charge in [0.2, 0.25) is 15.9 Å². The number of benzene rings is 2. The minimum Gasteiger partial charge on any atom is -0.479 e. The number of nitrogens with one attached hydrogen (secondary N) is 1. The van der Waals surface area contributed by atoms with Crippen LogP contribution in [0.25, 0.3) is 0 Å². The van der Waals surface area contributed by atoms with Crippen LogP contribution in [0.4, 0.5) is 11.4 Å². The number of carbonyl (C=O) groups is 2. The van der Waals surface area contributed by atoms with Crippen LogP contribution in [0, 0.1) is 6.92 Å². The fraction of sp³-hybridized carbons (Fsp3) is 0.391. The summed E-state index contributed by atoms with van der Waals surface area (Å²) in [6.45, 7) is 4.14. The van der Waals surface area contributed by atoms with Crippen LogP contribution < -0.4 is 15.0 Å². The summed E-state index contributed by atoms with van der Waals surface area (Å²) in [6, 6.07) is 10.1. The molecule has 0 spiro atoms. The Morgan fingerprint density at radius 2 is 1.97 bits per heavy atom. The normalized spacial score (nSPS) is 22.8. The van der Waals surface area contributed by atoms with Gasteiger partial charge in [0.15, 0.2) is 6.10 Å². The molecule has 0 radical (unpaired) electrons. The molecule has 0 aromatic heterocycles. The molecule has 3 aliphatic heterocycles. The molecule has 1 fully saturated rings. The standard InChI is InChI=1S/C23H25N3O5S/c1-14-12-17-20(31-15(2)22(27)24-17)13-21(14)32(29,30)26-10-5-8-19(26)23(28)25-11-9-16-6-3-4-7-18(16)25/h3-4,6-7,12-13,15,19H,5,8-11H2,1-2H3,(H,24,27). The maximum Gasteiger partial charge on any atom is 0.265 e. The van der Waals surface area contributed by atoms with Crippen LogP contribution in [0.3, 0.4) is 0 Å². The minimum atomic E-state index is -3.94. The van der Waals surface area contributed by atoms with E-state index in [0.29, 0.717) is 42.9 Å². The average Bonchev–Trinajstić information content (AvgIpc) is 3.42. The number of amides is 2. The van der Waals surface area contributed by atoms with E-state index in [9.17, 15) is 18.0 Å². The fourth-order valence-electron chi connectivity index (χ4n) is 4.77. The van der Waals surface area contributed by atoms with Gasteiger partial charge in [-0.1, -0.05) is 18.2 Å². The van der Waals surface area contributed by atoms with Crippen LogP contribution in [0.2, 0.25) is 0 Å². The highest BCUT2D eigenvalue weighted by molar-refractivity contribution is 7.89. The summed E-state index contributed by atoms with van der Waals surface area (Å²) < 4.78 is 34.3. The van der Waals surface area contributed by atoms with Crippen molar-refractivity contribution in [2.75, 3.05) is 23.3 Å². The molecular weight excluding hydrogens is 430 g/mol. The molecule has 0 aliphatic carbocycles. The van der Waals surface area contributed by atoms with Crippen molar-refractivity contribution in [3.8, 4) is 5.75 Å². The molecule has 9 heteroatoms. The molecule has 3 aliphatic rings. The quantitative estimate of drug-likeness (QED) is 0.767. The molecule has 32 heavy (non-hydrogen) atoms. The number of hydrogen-bond donors (Lipinski definition) is 1. The molecule has 3 heterocycles. The molecule has 1 N–H and O–H groups in total. The number of ether oxygens (including phenoxy) is 1. The van der Waals surface area contributed by atoms with E-state index in [4.69, 9.17) is 4.74 Å². The second-order valence-electron chi connectivity index (χ2n) is 8.51. The smallest absolute Gasteiger partial charge is 0.265 e. The van der Waals surface area contributed by atoms with Crippen molar-refractivity contribution in [3.63, 3.8) is 0 Å². The van der Waals surface area contributed by atoms with E-state index in [0.717, 1.165) is 17.7 Å². The lowest BCUT2D eigenvalue weighted by molar-refractivity contribution is -0.123. The number of hydrogen-bond acceptors (Lipinski definition) is 5. The topological polar surface area (TPSA) is 96.0 Å². The molecule has 2 aromatic carbocycles. The Morgan fingerprint density at radius 1 is 1.19 bits per heavy atom. The van der Waals surface area contributed by atoms with Crippen molar-refractivity contribution in [2.45, 2.75) is 50.2 Å². The van der Waals surface area contributed by atoms with Crippen molar-refractivity contribution in [1.29, 1.82) is 0 Å². The molecule has 0 bridgehead atoms. The zero-order valence-electron chi connectivity index (χ0n) is 18.0. The zero-order chi connectivity index (χ0) is 22.6. The first kappa shape index (κ1) is 21.0. The van der Waals surface area contributed by atoms with E-state index in [-0.39, 0.29) is 16.7 Å². The summed E-state index contributed by atoms with van der Waals surface area (Å²) in [5.74, 6) is -0.135. The van der Waals surface area contributed by atoms with Crippen LogP contribution in [0.5, 0.6) is 5.75 Å². The molecule has 0 saturated carbocycles. The van der Waals surface area contributed by atoms with Gasteiger partial charge >= 0.3 is 0 Å². The minimum absolute atomic E-state index is 0.0983. The maximum absolute atomic E-state index is 13.7. The summed E-state index contributed by atoms with van der Waals surface area (Å²) in [5, 5.41) is 2.74. The Labute approximate surface area is 187 Å². The number of fused-ring (bicyclic) bond motifs is 2. The van der Waals surface area contributed by atoms with E-state index < -0.39 is 22.2 Å². The molecular formula is C23H25N3O5S. The van der Waals surface area contributed by atoms with Crippen molar-refractivity contribution in [3.05, 3.63) is 47.5 Å². The Kier molecular flexibility index (Phi) is 4.98. The number of para-hydroxylation sites is 1. The molecule has 5 rings (SSSR count). The van der Waals surface area contributed by atoms with E-state index in [1.165, 1.54) is 10.4 Å². The molecule has 2 atom stereocenters. The van der Waals surface area contributed by atoms with E-state index in [1.54, 1.807) is 24.8 Å². The average molecular weight is 456 g/mol. The van der Waals surface area contributed by atoms with Gasteiger partial charge in [0.25, 0.3) is 5.91 Å². The largest absolute Gasteiger partial charge is 0.479 e. The lowest BCUT2D eigenvalue weighted by Gasteiger charge is -2.29. The summed E-state index contributed by atoms with van der Waals surface area (Å²) >= 11 is 0. The van der Waals surface area contributed by atoms with Gasteiger partial charge in [0, 0.05) is 24.8 Å². The molecule has 2 aromatic rings. The van der Waals surface area contributed by atoms with Gasteiger partial charge in [-0.05, 0) is 56.4 Å². The number of nitrogens with zero attached hydrogens (tertiary/aromatic N) is 2. The predicted octanol–water partition coefficient (Wildman–Crippen LogP) is 2.46. The number of rotatable bonds is 3. The first-order valence-corrected chi connectivity index (χ1v) is 12.2. The van der Waals surface area contributed by atoms with Gasteiger partial charge in [-0.3, -0.25) is 9.59 Å². The van der Waals surface area contributed by atoms with Crippen LogP contribution in [0.15, 0.2) is 41.3 Å². The summed E-state index contributed by atoms with van der Waals surface area (Å²) in [7, 11) is -3.94. The van der Waals surface area contributed by atoms with Crippen molar-refractivity contribution in [2.24, 2.45) is 0 Å². The van der Waals surface area contributed by atoms with Crippen molar-refractivity contribution in [1.82, 2.24) is 4.31 Å². The van der Waals surface area contributed by atoms with Gasteiger partial charge in [-0.15, -0.1) is 0 Å². The van der Waals surface area contributed by atoms with E-state index in [2.05, 4.69) is 5.32 Å². The third-order valence-corrected chi connectivity index (χ3v) is 8.49.